The van der Waals surface area contributed by atoms with Crippen LogP contribution in [0.2, 0.25) is 0 Å². The molecule has 2 heterocycles. The molecule has 0 bridgehead atoms. The number of benzene rings is 2. The molecule has 1 N–H and O–H groups in total. The molecule has 8 nitrogen and oxygen atoms in total. The van der Waals surface area contributed by atoms with Crippen LogP contribution in [0.3, 0.4) is 0 Å². The van der Waals surface area contributed by atoms with E-state index in [0.29, 0.717) is 11.1 Å². The molecular weight excluding hydrogens is 356 g/mol. The van der Waals surface area contributed by atoms with Crippen LogP contribution in [0.25, 0.3) is 22.4 Å². The number of hydrogen-bond acceptors (Lipinski definition) is 7. The van der Waals surface area contributed by atoms with Crippen molar-refractivity contribution in [3.05, 3.63) is 75.1 Å². The largest absolute Gasteiger partial charge is 0.411 e. The van der Waals surface area contributed by atoms with Crippen molar-refractivity contribution in [1.82, 2.24) is 15.2 Å². The molecule has 2 aromatic heterocycles. The number of non-ortho nitro benzene ring substituents is 1. The third-order valence-corrected chi connectivity index (χ3v) is 4.49. The Kier molecular flexibility index (Phi) is 3.98. The number of aromatic nitrogens is 3. The van der Waals surface area contributed by atoms with Gasteiger partial charge in [-0.15, -0.1) is 10.2 Å². The van der Waals surface area contributed by atoms with E-state index in [4.69, 9.17) is 4.42 Å². The van der Waals surface area contributed by atoms with E-state index in [1.165, 1.54) is 30.0 Å². The molecule has 0 aliphatic heterocycles. The van der Waals surface area contributed by atoms with Crippen LogP contribution in [0.15, 0.2) is 73.9 Å². The zero-order valence-corrected chi connectivity index (χ0v) is 13.9. The third kappa shape index (κ3) is 3.07. The first-order chi connectivity index (χ1) is 12.6. The molecule has 0 atom stereocenters. The molecule has 0 fully saturated rings. The van der Waals surface area contributed by atoms with Crippen LogP contribution in [-0.2, 0) is 0 Å². The number of nitro benzene ring substituents is 1. The second kappa shape index (κ2) is 6.45. The number of hydrogen-bond donors (Lipinski definition) is 1. The van der Waals surface area contributed by atoms with E-state index in [2.05, 4.69) is 15.2 Å². The Balaban J connectivity index is 1.66. The highest BCUT2D eigenvalue weighted by molar-refractivity contribution is 7.99. The van der Waals surface area contributed by atoms with Crippen LogP contribution in [-0.4, -0.2) is 20.1 Å². The normalized spacial score (nSPS) is 10.9. The second-order valence-corrected chi connectivity index (χ2v) is 6.34. The molecule has 26 heavy (non-hydrogen) atoms. The van der Waals surface area contributed by atoms with Crippen molar-refractivity contribution in [2.45, 2.75) is 10.1 Å². The van der Waals surface area contributed by atoms with Gasteiger partial charge in [0.15, 0.2) is 0 Å². The van der Waals surface area contributed by atoms with Gasteiger partial charge in [0.2, 0.25) is 11.4 Å². The minimum absolute atomic E-state index is 0.00977. The number of para-hydroxylation sites is 1. The molecule has 0 spiro atoms. The minimum Gasteiger partial charge on any atom is -0.411 e. The van der Waals surface area contributed by atoms with Crippen LogP contribution in [0, 0.1) is 10.1 Å². The van der Waals surface area contributed by atoms with E-state index in [0.717, 1.165) is 10.3 Å². The Bertz CT molecular complexity index is 1170. The molecule has 0 saturated carbocycles. The van der Waals surface area contributed by atoms with Gasteiger partial charge >= 0.3 is 0 Å². The van der Waals surface area contributed by atoms with Gasteiger partial charge in [-0.05, 0) is 30.0 Å². The maximum Gasteiger partial charge on any atom is 0.281 e. The summed E-state index contributed by atoms with van der Waals surface area (Å²) in [5, 5.41) is 19.8. The fraction of sp³-hybridized carbons (Fsp3) is 0. The Hall–Kier alpha value is -3.46. The maximum atomic E-state index is 11.9. The Labute approximate surface area is 150 Å². The lowest BCUT2D eigenvalue weighted by Crippen LogP contribution is -2.04. The Morgan fingerprint density at radius 1 is 1.08 bits per heavy atom. The SMILES string of the molecule is O=c1cc(-c2nnc(Sc3ccc([N+](=O)[O-])cc3)o2)c2ccccc2[nH]1. The number of pyridine rings is 1. The van der Waals surface area contributed by atoms with Crippen molar-refractivity contribution in [3.8, 4) is 11.5 Å². The molecule has 4 aromatic rings. The summed E-state index contributed by atoms with van der Waals surface area (Å²) in [6, 6.07) is 14.8. The van der Waals surface area contributed by atoms with Gasteiger partial charge in [-0.1, -0.05) is 18.2 Å². The van der Waals surface area contributed by atoms with Crippen molar-refractivity contribution in [3.63, 3.8) is 0 Å². The Morgan fingerprint density at radius 2 is 1.85 bits per heavy atom. The molecule has 9 heteroatoms. The molecule has 0 radical (unpaired) electrons. The fourth-order valence-corrected chi connectivity index (χ4v) is 3.15. The standard InChI is InChI=1S/C17H10N4O4S/c22-15-9-13(12-3-1-2-4-14(12)18-15)16-19-20-17(25-16)26-11-7-5-10(6-8-11)21(23)24/h1-9H,(H,18,22). The van der Waals surface area contributed by atoms with Crippen molar-refractivity contribution >= 4 is 28.4 Å². The molecular formula is C17H10N4O4S. The number of nitrogens with zero attached hydrogens (tertiary/aromatic N) is 3. The number of H-pyrrole nitrogens is 1. The van der Waals surface area contributed by atoms with Gasteiger partial charge in [-0.2, -0.15) is 0 Å². The summed E-state index contributed by atoms with van der Waals surface area (Å²) in [6.07, 6.45) is 0. The van der Waals surface area contributed by atoms with Gasteiger partial charge < -0.3 is 9.40 Å². The average molecular weight is 366 g/mol. The van der Waals surface area contributed by atoms with Crippen molar-refractivity contribution in [1.29, 1.82) is 0 Å². The summed E-state index contributed by atoms with van der Waals surface area (Å²) in [5.74, 6) is 0.233. The molecule has 4 rings (SSSR count). The van der Waals surface area contributed by atoms with Gasteiger partial charge in [0.25, 0.3) is 10.9 Å². The van der Waals surface area contributed by atoms with Crippen LogP contribution >= 0.6 is 11.8 Å². The molecule has 2 aromatic carbocycles. The van der Waals surface area contributed by atoms with Crippen LogP contribution in [0.1, 0.15) is 0 Å². The molecule has 0 aliphatic carbocycles. The highest BCUT2D eigenvalue weighted by Gasteiger charge is 2.14. The van der Waals surface area contributed by atoms with Crippen molar-refractivity contribution in [2.24, 2.45) is 0 Å². The van der Waals surface area contributed by atoms with Crippen LogP contribution in [0.5, 0.6) is 0 Å². The highest BCUT2D eigenvalue weighted by Crippen LogP contribution is 2.31. The van der Waals surface area contributed by atoms with Gasteiger partial charge in [0.1, 0.15) is 0 Å². The first kappa shape index (κ1) is 16.0. The maximum absolute atomic E-state index is 11.9. The first-order valence-electron chi connectivity index (χ1n) is 7.48. The van der Waals surface area contributed by atoms with Crippen molar-refractivity contribution in [2.75, 3.05) is 0 Å². The van der Waals surface area contributed by atoms with E-state index in [1.54, 1.807) is 18.2 Å². The third-order valence-electron chi connectivity index (χ3n) is 3.64. The van der Waals surface area contributed by atoms with E-state index in [1.807, 2.05) is 18.2 Å². The predicted octanol–water partition coefficient (Wildman–Crippen LogP) is 3.64. The van der Waals surface area contributed by atoms with Gasteiger partial charge in [-0.3, -0.25) is 14.9 Å². The number of fused-ring (bicyclic) bond motifs is 1. The van der Waals surface area contributed by atoms with Crippen LogP contribution in [0.4, 0.5) is 5.69 Å². The summed E-state index contributed by atoms with van der Waals surface area (Å²) in [6.45, 7) is 0. The minimum atomic E-state index is -0.461. The molecule has 0 unspecified atom stereocenters. The molecule has 0 aliphatic rings. The van der Waals surface area contributed by atoms with E-state index >= 15 is 0 Å². The summed E-state index contributed by atoms with van der Waals surface area (Å²) in [4.78, 5) is 25.6. The quantitative estimate of drug-likeness (QED) is 0.433. The average Bonchev–Trinajstić information content (AvgIpc) is 3.09. The summed E-state index contributed by atoms with van der Waals surface area (Å²) in [7, 11) is 0. The fourth-order valence-electron chi connectivity index (χ4n) is 2.48. The number of nitro groups is 1. The summed E-state index contributed by atoms with van der Waals surface area (Å²) >= 11 is 1.18. The zero-order chi connectivity index (χ0) is 18.1. The number of rotatable bonds is 4. The van der Waals surface area contributed by atoms with Crippen molar-refractivity contribution < 1.29 is 9.34 Å². The lowest BCUT2D eigenvalue weighted by molar-refractivity contribution is -0.384. The highest BCUT2D eigenvalue weighted by atomic mass is 32.2. The topological polar surface area (TPSA) is 115 Å². The predicted molar refractivity (Wildman–Crippen MR) is 95.1 cm³/mol. The second-order valence-electron chi connectivity index (χ2n) is 5.32. The van der Waals surface area contributed by atoms with Gasteiger partial charge in [-0.25, -0.2) is 0 Å². The smallest absolute Gasteiger partial charge is 0.281 e. The lowest BCUT2D eigenvalue weighted by Gasteiger charge is -2.01. The summed E-state index contributed by atoms with van der Waals surface area (Å²) in [5.41, 5.74) is 0.974. The van der Waals surface area contributed by atoms with E-state index < -0.39 is 4.92 Å². The zero-order valence-electron chi connectivity index (χ0n) is 13.1. The Morgan fingerprint density at radius 3 is 2.62 bits per heavy atom. The van der Waals surface area contributed by atoms with Crippen LogP contribution < -0.4 is 5.56 Å². The molecule has 128 valence electrons. The number of aromatic amines is 1. The van der Waals surface area contributed by atoms with E-state index in [9.17, 15) is 14.9 Å². The number of nitrogens with one attached hydrogen (secondary N) is 1. The lowest BCUT2D eigenvalue weighted by atomic mass is 10.1. The molecule has 0 saturated heterocycles. The van der Waals surface area contributed by atoms with E-state index in [-0.39, 0.29) is 22.4 Å². The van der Waals surface area contributed by atoms with Gasteiger partial charge in [0, 0.05) is 34.0 Å². The first-order valence-corrected chi connectivity index (χ1v) is 8.30. The summed E-state index contributed by atoms with van der Waals surface area (Å²) < 4.78 is 5.67. The monoisotopic (exact) mass is 366 g/mol. The molecule has 0 amide bonds. The van der Waals surface area contributed by atoms with Gasteiger partial charge in [0.05, 0.1) is 10.5 Å².